The zero-order valence-corrected chi connectivity index (χ0v) is 9.66. The van der Waals surface area contributed by atoms with E-state index in [9.17, 15) is 13.6 Å². The maximum Gasteiger partial charge on any atom is 0.253 e. The number of amides is 1. The van der Waals surface area contributed by atoms with Gasteiger partial charge in [-0.2, -0.15) is 0 Å². The topological polar surface area (TPSA) is 64.4 Å². The highest BCUT2D eigenvalue weighted by Gasteiger charge is 2.29. The van der Waals surface area contributed by atoms with Crippen molar-refractivity contribution in [3.63, 3.8) is 0 Å². The molecule has 98 valence electrons. The van der Waals surface area contributed by atoms with Crippen LogP contribution >= 0.6 is 0 Å². The quantitative estimate of drug-likeness (QED) is 0.859. The van der Waals surface area contributed by atoms with Crippen LogP contribution in [0.25, 0.3) is 0 Å². The number of hydrogen-bond acceptors (Lipinski definition) is 3. The predicted molar refractivity (Wildman–Crippen MR) is 61.9 cm³/mol. The summed E-state index contributed by atoms with van der Waals surface area (Å²) in [6.45, 7) is 0.370. The van der Waals surface area contributed by atoms with E-state index in [1.54, 1.807) is 0 Å². The molecule has 1 saturated heterocycles. The lowest BCUT2D eigenvalue weighted by Crippen LogP contribution is -2.29. The van der Waals surface area contributed by atoms with Crippen molar-refractivity contribution < 1.29 is 18.3 Å². The summed E-state index contributed by atoms with van der Waals surface area (Å²) in [6, 6.07) is 3.19. The van der Waals surface area contributed by atoms with E-state index >= 15 is 0 Å². The smallest absolute Gasteiger partial charge is 0.253 e. The molecule has 6 heteroatoms. The van der Waals surface area contributed by atoms with E-state index in [4.69, 9.17) is 10.5 Å². The highest BCUT2D eigenvalue weighted by atomic mass is 19.2. The molecule has 1 aromatic carbocycles. The van der Waals surface area contributed by atoms with Crippen molar-refractivity contribution >= 4 is 11.6 Å². The van der Waals surface area contributed by atoms with Gasteiger partial charge in [0.15, 0.2) is 11.6 Å². The molecule has 18 heavy (non-hydrogen) atoms. The molecule has 1 fully saturated rings. The van der Waals surface area contributed by atoms with Crippen LogP contribution in [-0.4, -0.2) is 24.7 Å². The summed E-state index contributed by atoms with van der Waals surface area (Å²) in [6.07, 6.45) is 0.626. The number of nitrogens with one attached hydrogen (secondary N) is 1. The summed E-state index contributed by atoms with van der Waals surface area (Å²) >= 11 is 0. The summed E-state index contributed by atoms with van der Waals surface area (Å²) in [5.41, 5.74) is 5.64. The molecule has 1 heterocycles. The molecule has 0 bridgehead atoms. The minimum Gasteiger partial charge on any atom is -0.364 e. The summed E-state index contributed by atoms with van der Waals surface area (Å²) in [5.74, 6) is -2.31. The summed E-state index contributed by atoms with van der Waals surface area (Å²) in [4.78, 5) is 11.8. The van der Waals surface area contributed by atoms with Crippen LogP contribution in [0.1, 0.15) is 12.8 Å². The molecule has 0 spiro atoms. The first-order valence-electron chi connectivity index (χ1n) is 5.71. The Morgan fingerprint density at radius 2 is 2.17 bits per heavy atom. The molecule has 0 aromatic heterocycles. The number of rotatable bonds is 3. The second kappa shape index (κ2) is 5.41. The third-order valence-electron chi connectivity index (χ3n) is 2.85. The normalized spacial score (nSPS) is 23.1. The maximum absolute atomic E-state index is 12.9. The number of nitrogens with two attached hydrogens (primary N) is 1. The van der Waals surface area contributed by atoms with Gasteiger partial charge in [0.25, 0.3) is 5.91 Å². The van der Waals surface area contributed by atoms with Gasteiger partial charge in [-0.25, -0.2) is 8.78 Å². The number of anilines is 1. The standard InChI is InChI=1S/C12H14F2N2O2/c13-9-3-1-7(5-10(9)14)16-12(17)11-4-2-8(6-15)18-11/h1,3,5,8,11H,2,4,6,15H2,(H,16,17). The minimum absolute atomic E-state index is 0.106. The Hall–Kier alpha value is -1.53. The Morgan fingerprint density at radius 1 is 1.39 bits per heavy atom. The maximum atomic E-state index is 12.9. The molecular weight excluding hydrogens is 242 g/mol. The zero-order valence-electron chi connectivity index (χ0n) is 9.66. The van der Waals surface area contributed by atoms with Crippen LogP contribution in [0, 0.1) is 11.6 Å². The van der Waals surface area contributed by atoms with Gasteiger partial charge in [-0.05, 0) is 25.0 Å². The van der Waals surface area contributed by atoms with Crippen molar-refractivity contribution in [1.82, 2.24) is 0 Å². The van der Waals surface area contributed by atoms with Gasteiger partial charge in [0.2, 0.25) is 0 Å². The molecule has 0 saturated carbocycles. The monoisotopic (exact) mass is 256 g/mol. The summed E-state index contributed by atoms with van der Waals surface area (Å²) in [5, 5.41) is 2.49. The van der Waals surface area contributed by atoms with Gasteiger partial charge in [0, 0.05) is 18.3 Å². The Balaban J connectivity index is 1.97. The van der Waals surface area contributed by atoms with Crippen LogP contribution in [0.3, 0.4) is 0 Å². The second-order valence-electron chi connectivity index (χ2n) is 4.18. The van der Waals surface area contributed by atoms with Crippen molar-refractivity contribution in [2.75, 3.05) is 11.9 Å². The van der Waals surface area contributed by atoms with E-state index in [-0.39, 0.29) is 17.7 Å². The molecule has 2 unspecified atom stereocenters. The Kier molecular flexibility index (Phi) is 3.88. The number of halogens is 2. The van der Waals surface area contributed by atoms with Crippen molar-refractivity contribution in [3.8, 4) is 0 Å². The Bertz CT molecular complexity index is 454. The van der Waals surface area contributed by atoms with Gasteiger partial charge in [-0.15, -0.1) is 0 Å². The number of ether oxygens (including phenoxy) is 1. The molecule has 3 N–H and O–H groups in total. The zero-order chi connectivity index (χ0) is 13.1. The minimum atomic E-state index is -1.00. The fourth-order valence-electron chi connectivity index (χ4n) is 1.87. The Morgan fingerprint density at radius 3 is 2.78 bits per heavy atom. The number of hydrogen-bond donors (Lipinski definition) is 2. The van der Waals surface area contributed by atoms with Crippen LogP contribution in [0.4, 0.5) is 14.5 Å². The molecule has 1 aliphatic heterocycles. The first-order valence-corrected chi connectivity index (χ1v) is 5.71. The summed E-state index contributed by atoms with van der Waals surface area (Å²) < 4.78 is 31.1. The molecule has 2 atom stereocenters. The van der Waals surface area contributed by atoms with E-state index in [0.717, 1.165) is 18.6 Å². The molecule has 4 nitrogen and oxygen atoms in total. The number of carbonyl (C=O) groups excluding carboxylic acids is 1. The van der Waals surface area contributed by atoms with E-state index in [0.29, 0.717) is 13.0 Å². The lowest BCUT2D eigenvalue weighted by molar-refractivity contribution is -0.126. The van der Waals surface area contributed by atoms with Crippen LogP contribution in [0.2, 0.25) is 0 Å². The van der Waals surface area contributed by atoms with Gasteiger partial charge in [0.05, 0.1) is 6.10 Å². The third-order valence-corrected chi connectivity index (χ3v) is 2.85. The fourth-order valence-corrected chi connectivity index (χ4v) is 1.87. The molecule has 1 amide bonds. The third kappa shape index (κ3) is 2.83. The van der Waals surface area contributed by atoms with Crippen LogP contribution in [-0.2, 0) is 9.53 Å². The van der Waals surface area contributed by atoms with Crippen LogP contribution < -0.4 is 11.1 Å². The molecule has 1 aliphatic rings. The second-order valence-corrected chi connectivity index (χ2v) is 4.18. The van der Waals surface area contributed by atoms with Gasteiger partial charge >= 0.3 is 0 Å². The lowest BCUT2D eigenvalue weighted by Gasteiger charge is -2.12. The molecule has 2 rings (SSSR count). The van der Waals surface area contributed by atoms with Gasteiger partial charge in [0.1, 0.15) is 6.10 Å². The molecular formula is C12H14F2N2O2. The van der Waals surface area contributed by atoms with Gasteiger partial charge in [-0.3, -0.25) is 4.79 Å². The average molecular weight is 256 g/mol. The van der Waals surface area contributed by atoms with E-state index in [1.165, 1.54) is 6.07 Å². The van der Waals surface area contributed by atoms with Crippen molar-refractivity contribution in [1.29, 1.82) is 0 Å². The Labute approximate surface area is 103 Å². The van der Waals surface area contributed by atoms with Crippen LogP contribution in [0.15, 0.2) is 18.2 Å². The van der Waals surface area contributed by atoms with Crippen molar-refractivity contribution in [2.45, 2.75) is 25.0 Å². The largest absolute Gasteiger partial charge is 0.364 e. The lowest BCUT2D eigenvalue weighted by atomic mass is 10.2. The predicted octanol–water partition coefficient (Wildman–Crippen LogP) is 1.41. The molecule has 0 radical (unpaired) electrons. The number of benzene rings is 1. The number of carbonyl (C=O) groups is 1. The first-order chi connectivity index (χ1) is 8.60. The van der Waals surface area contributed by atoms with Gasteiger partial charge < -0.3 is 15.8 Å². The van der Waals surface area contributed by atoms with Crippen LogP contribution in [0.5, 0.6) is 0 Å². The van der Waals surface area contributed by atoms with Gasteiger partial charge in [-0.1, -0.05) is 0 Å². The summed E-state index contributed by atoms with van der Waals surface area (Å²) in [7, 11) is 0. The first kappa shape index (κ1) is 12.9. The fraction of sp³-hybridized carbons (Fsp3) is 0.417. The van der Waals surface area contributed by atoms with Crippen molar-refractivity contribution in [2.24, 2.45) is 5.73 Å². The van der Waals surface area contributed by atoms with Crippen molar-refractivity contribution in [3.05, 3.63) is 29.8 Å². The highest BCUT2D eigenvalue weighted by molar-refractivity contribution is 5.94. The molecule has 1 aromatic rings. The highest BCUT2D eigenvalue weighted by Crippen LogP contribution is 2.21. The van der Waals surface area contributed by atoms with E-state index in [1.807, 2.05) is 0 Å². The molecule has 0 aliphatic carbocycles. The van der Waals surface area contributed by atoms with E-state index < -0.39 is 17.7 Å². The average Bonchev–Trinajstić information content (AvgIpc) is 2.82. The van der Waals surface area contributed by atoms with E-state index in [2.05, 4.69) is 5.32 Å². The SMILES string of the molecule is NCC1CCC(C(=O)Nc2ccc(F)c(F)c2)O1.